The van der Waals surface area contributed by atoms with Crippen LogP contribution < -0.4 is 4.74 Å². The normalized spacial score (nSPS) is 13.0. The second-order valence-electron chi connectivity index (χ2n) is 5.13. The molecule has 0 saturated heterocycles. The van der Waals surface area contributed by atoms with E-state index in [1.807, 2.05) is 25.1 Å². The van der Waals surface area contributed by atoms with E-state index in [0.717, 1.165) is 17.7 Å². The van der Waals surface area contributed by atoms with Crippen LogP contribution in [0.5, 0.6) is 5.75 Å². The molecule has 1 atom stereocenters. The van der Waals surface area contributed by atoms with Crippen LogP contribution in [0.3, 0.4) is 0 Å². The maximum absolute atomic E-state index is 12.5. The average Bonchev–Trinajstić information content (AvgIpc) is 2.47. The number of rotatable bonds is 5. The van der Waals surface area contributed by atoms with E-state index < -0.39 is 11.7 Å². The molecule has 5 heteroatoms. The van der Waals surface area contributed by atoms with Crippen molar-refractivity contribution >= 4 is 0 Å². The Morgan fingerprint density at radius 3 is 2.32 bits per heavy atom. The largest absolute Gasteiger partial charge is 0.493 e. The Morgan fingerprint density at radius 2 is 1.77 bits per heavy atom. The maximum Gasteiger partial charge on any atom is 0.416 e. The molecular formula is C17H17F3O2. The fourth-order valence-corrected chi connectivity index (χ4v) is 2.10. The Kier molecular flexibility index (Phi) is 5.08. The smallest absolute Gasteiger partial charge is 0.416 e. The van der Waals surface area contributed by atoms with Crippen LogP contribution in [0.15, 0.2) is 48.5 Å². The highest BCUT2D eigenvalue weighted by molar-refractivity contribution is 5.29. The molecule has 0 bridgehead atoms. The van der Waals surface area contributed by atoms with Crippen LogP contribution in [0, 0.1) is 6.92 Å². The second kappa shape index (κ2) is 6.83. The van der Waals surface area contributed by atoms with Gasteiger partial charge >= 0.3 is 6.18 Å². The third-order valence-corrected chi connectivity index (χ3v) is 3.37. The Bertz CT molecular complexity index is 606. The molecule has 0 aromatic heterocycles. The molecule has 2 rings (SSSR count). The average molecular weight is 310 g/mol. The Hall–Kier alpha value is -2.01. The summed E-state index contributed by atoms with van der Waals surface area (Å²) in [6.07, 6.45) is -4.36. The van der Waals surface area contributed by atoms with Gasteiger partial charge in [0.1, 0.15) is 5.75 Å². The van der Waals surface area contributed by atoms with Gasteiger partial charge in [0.15, 0.2) is 0 Å². The van der Waals surface area contributed by atoms with Gasteiger partial charge in [-0.1, -0.05) is 24.3 Å². The molecule has 0 radical (unpaired) electrons. The number of benzene rings is 2. The van der Waals surface area contributed by atoms with Gasteiger partial charge in [0.05, 0.1) is 18.8 Å². The summed E-state index contributed by atoms with van der Waals surface area (Å²) < 4.78 is 43.2. The number of halogens is 3. The van der Waals surface area contributed by atoms with Crippen molar-refractivity contribution < 1.29 is 23.0 Å². The van der Waals surface area contributed by atoms with Crippen LogP contribution in [0.25, 0.3) is 0 Å². The molecule has 2 nitrogen and oxygen atoms in total. The lowest BCUT2D eigenvalue weighted by atomic mass is 9.99. The van der Waals surface area contributed by atoms with E-state index in [9.17, 15) is 18.3 Å². The first-order chi connectivity index (χ1) is 10.4. The summed E-state index contributed by atoms with van der Waals surface area (Å²) >= 11 is 0. The molecule has 0 saturated carbocycles. The van der Waals surface area contributed by atoms with E-state index in [-0.39, 0.29) is 19.1 Å². The zero-order chi connectivity index (χ0) is 16.2. The topological polar surface area (TPSA) is 29.5 Å². The molecule has 1 unspecified atom stereocenters. The summed E-state index contributed by atoms with van der Waals surface area (Å²) in [5.41, 5.74) is 0.961. The highest BCUT2D eigenvalue weighted by atomic mass is 19.4. The third-order valence-electron chi connectivity index (χ3n) is 3.37. The number of hydrogen-bond acceptors (Lipinski definition) is 2. The van der Waals surface area contributed by atoms with Crippen molar-refractivity contribution in [1.82, 2.24) is 0 Å². The summed E-state index contributed by atoms with van der Waals surface area (Å²) in [7, 11) is 0. The molecule has 0 fully saturated rings. The lowest BCUT2D eigenvalue weighted by Crippen LogP contribution is -2.15. The molecule has 2 aromatic carbocycles. The second-order valence-corrected chi connectivity index (χ2v) is 5.13. The van der Waals surface area contributed by atoms with Crippen molar-refractivity contribution in [3.05, 3.63) is 65.2 Å². The number of alkyl halides is 3. The van der Waals surface area contributed by atoms with Crippen molar-refractivity contribution in [2.75, 3.05) is 13.2 Å². The van der Waals surface area contributed by atoms with Crippen molar-refractivity contribution in [3.8, 4) is 5.75 Å². The predicted molar refractivity (Wildman–Crippen MR) is 77.9 cm³/mol. The monoisotopic (exact) mass is 310 g/mol. The first-order valence-corrected chi connectivity index (χ1v) is 6.87. The van der Waals surface area contributed by atoms with Crippen molar-refractivity contribution in [3.63, 3.8) is 0 Å². The number of ether oxygens (including phenoxy) is 1. The Balaban J connectivity index is 2.05. The van der Waals surface area contributed by atoms with Gasteiger partial charge in [-0.05, 0) is 42.3 Å². The minimum Gasteiger partial charge on any atom is -0.493 e. The predicted octanol–water partition coefficient (Wildman–Crippen LogP) is 4.17. The van der Waals surface area contributed by atoms with E-state index >= 15 is 0 Å². The van der Waals surface area contributed by atoms with Crippen LogP contribution >= 0.6 is 0 Å². The highest BCUT2D eigenvalue weighted by Gasteiger charge is 2.30. The van der Waals surface area contributed by atoms with Crippen LogP contribution in [-0.4, -0.2) is 18.3 Å². The Labute approximate surface area is 127 Å². The minimum absolute atomic E-state index is 0.197. The number of aliphatic hydroxyl groups is 1. The van der Waals surface area contributed by atoms with E-state index in [1.165, 1.54) is 12.1 Å². The molecule has 22 heavy (non-hydrogen) atoms. The summed E-state index contributed by atoms with van der Waals surface area (Å²) in [5, 5.41) is 9.44. The first-order valence-electron chi connectivity index (χ1n) is 6.87. The molecular weight excluding hydrogens is 293 g/mol. The van der Waals surface area contributed by atoms with E-state index in [1.54, 1.807) is 6.07 Å². The third kappa shape index (κ3) is 4.24. The lowest BCUT2D eigenvalue weighted by Gasteiger charge is -2.17. The van der Waals surface area contributed by atoms with Gasteiger partial charge in [0.25, 0.3) is 0 Å². The van der Waals surface area contributed by atoms with Gasteiger partial charge in [-0.25, -0.2) is 0 Å². The van der Waals surface area contributed by atoms with E-state index in [0.29, 0.717) is 11.3 Å². The van der Waals surface area contributed by atoms with Gasteiger partial charge in [0.2, 0.25) is 0 Å². The standard InChI is InChI=1S/C17H17F3O2/c1-12-3-2-4-16(9-12)22-11-14(10-21)13-5-7-15(8-6-13)17(18,19)20/h2-9,14,21H,10-11H2,1H3. The molecule has 0 amide bonds. The fraction of sp³-hybridized carbons (Fsp3) is 0.294. The Morgan fingerprint density at radius 1 is 1.09 bits per heavy atom. The van der Waals surface area contributed by atoms with Gasteiger partial charge in [0, 0.05) is 5.92 Å². The number of aliphatic hydroxyl groups excluding tert-OH is 1. The highest BCUT2D eigenvalue weighted by Crippen LogP contribution is 2.30. The molecule has 0 aliphatic rings. The fourth-order valence-electron chi connectivity index (χ4n) is 2.10. The van der Waals surface area contributed by atoms with Gasteiger partial charge in [-0.3, -0.25) is 0 Å². The molecule has 0 heterocycles. The summed E-state index contributed by atoms with van der Waals surface area (Å²) in [4.78, 5) is 0. The van der Waals surface area contributed by atoms with Crippen LogP contribution in [0.2, 0.25) is 0 Å². The number of hydrogen-bond donors (Lipinski definition) is 1. The molecule has 1 N–H and O–H groups in total. The van der Waals surface area contributed by atoms with Crippen molar-refractivity contribution in [2.45, 2.75) is 19.0 Å². The van der Waals surface area contributed by atoms with Gasteiger partial charge in [-0.2, -0.15) is 13.2 Å². The summed E-state index contributed by atoms with van der Waals surface area (Å²) in [5.74, 6) is 0.299. The van der Waals surface area contributed by atoms with Crippen LogP contribution in [0.1, 0.15) is 22.6 Å². The summed E-state index contributed by atoms with van der Waals surface area (Å²) in [6.45, 7) is 1.94. The van der Waals surface area contributed by atoms with Gasteiger partial charge < -0.3 is 9.84 Å². The molecule has 2 aromatic rings. The SMILES string of the molecule is Cc1cccc(OCC(CO)c2ccc(C(F)(F)F)cc2)c1. The van der Waals surface area contributed by atoms with E-state index in [2.05, 4.69) is 0 Å². The molecule has 118 valence electrons. The lowest BCUT2D eigenvalue weighted by molar-refractivity contribution is -0.137. The quantitative estimate of drug-likeness (QED) is 0.898. The summed E-state index contributed by atoms with van der Waals surface area (Å²) in [6, 6.07) is 12.3. The van der Waals surface area contributed by atoms with Gasteiger partial charge in [-0.15, -0.1) is 0 Å². The van der Waals surface area contributed by atoms with E-state index in [4.69, 9.17) is 4.74 Å². The van der Waals surface area contributed by atoms with Crippen LogP contribution in [0.4, 0.5) is 13.2 Å². The zero-order valence-electron chi connectivity index (χ0n) is 12.1. The zero-order valence-corrected chi connectivity index (χ0v) is 12.1. The first kappa shape index (κ1) is 16.4. The van der Waals surface area contributed by atoms with Crippen LogP contribution in [-0.2, 0) is 6.18 Å². The molecule has 0 aliphatic heterocycles. The minimum atomic E-state index is -4.36. The molecule has 0 spiro atoms. The molecule has 0 aliphatic carbocycles. The van der Waals surface area contributed by atoms with Crippen molar-refractivity contribution in [2.24, 2.45) is 0 Å². The maximum atomic E-state index is 12.5. The number of aryl methyl sites for hydroxylation is 1. The van der Waals surface area contributed by atoms with Crippen molar-refractivity contribution in [1.29, 1.82) is 0 Å².